The van der Waals surface area contributed by atoms with Crippen LogP contribution in [-0.2, 0) is 0 Å². The van der Waals surface area contributed by atoms with Crippen LogP contribution in [-0.4, -0.2) is 24.5 Å². The lowest BCUT2D eigenvalue weighted by atomic mass is 10.1. The molecule has 1 fully saturated rings. The Morgan fingerprint density at radius 3 is 2.75 bits per heavy atom. The highest BCUT2D eigenvalue weighted by Gasteiger charge is 2.27. The standard InChI is InChI=1S/C13H22N2S/c1-9-4-5-15(8-9)13(7-14)12-6-10(2)16-11(12)3/h6,9,13H,4-5,7-8,14H2,1-3H3. The molecule has 2 N–H and O–H groups in total. The third-order valence-electron chi connectivity index (χ3n) is 3.56. The van der Waals surface area contributed by atoms with Crippen molar-refractivity contribution < 1.29 is 0 Å². The predicted octanol–water partition coefficient (Wildman–Crippen LogP) is 2.71. The second kappa shape index (κ2) is 4.86. The molecule has 0 spiro atoms. The Morgan fingerprint density at radius 2 is 2.31 bits per heavy atom. The van der Waals surface area contributed by atoms with Crippen LogP contribution >= 0.6 is 11.3 Å². The minimum absolute atomic E-state index is 0.440. The lowest BCUT2D eigenvalue weighted by Crippen LogP contribution is -2.32. The van der Waals surface area contributed by atoms with Gasteiger partial charge >= 0.3 is 0 Å². The van der Waals surface area contributed by atoms with E-state index in [1.807, 2.05) is 11.3 Å². The molecule has 1 aromatic rings. The minimum Gasteiger partial charge on any atom is -0.329 e. The molecule has 0 aromatic carbocycles. The van der Waals surface area contributed by atoms with Crippen LogP contribution in [0.3, 0.4) is 0 Å². The van der Waals surface area contributed by atoms with E-state index in [2.05, 4.69) is 31.7 Å². The minimum atomic E-state index is 0.440. The number of aryl methyl sites for hydroxylation is 2. The molecular formula is C13H22N2S. The molecule has 0 amide bonds. The molecule has 0 radical (unpaired) electrons. The number of likely N-dealkylation sites (tertiary alicyclic amines) is 1. The molecule has 90 valence electrons. The maximum Gasteiger partial charge on any atom is 0.0481 e. The normalized spacial score (nSPS) is 23.9. The van der Waals surface area contributed by atoms with Crippen LogP contribution in [0.1, 0.15) is 34.7 Å². The highest BCUT2D eigenvalue weighted by molar-refractivity contribution is 7.12. The largest absolute Gasteiger partial charge is 0.329 e. The van der Waals surface area contributed by atoms with Crippen LogP contribution in [0.4, 0.5) is 0 Å². The highest BCUT2D eigenvalue weighted by atomic mass is 32.1. The molecule has 1 saturated heterocycles. The van der Waals surface area contributed by atoms with E-state index in [0.29, 0.717) is 6.04 Å². The van der Waals surface area contributed by atoms with E-state index in [-0.39, 0.29) is 0 Å². The smallest absolute Gasteiger partial charge is 0.0481 e. The summed E-state index contributed by atoms with van der Waals surface area (Å²) in [4.78, 5) is 5.39. The number of thiophene rings is 1. The van der Waals surface area contributed by atoms with Crippen LogP contribution in [0.5, 0.6) is 0 Å². The molecule has 2 unspecified atom stereocenters. The Hall–Kier alpha value is -0.380. The molecule has 16 heavy (non-hydrogen) atoms. The van der Waals surface area contributed by atoms with Gasteiger partial charge in [-0.3, -0.25) is 4.90 Å². The lowest BCUT2D eigenvalue weighted by Gasteiger charge is -2.26. The van der Waals surface area contributed by atoms with Crippen molar-refractivity contribution in [2.45, 2.75) is 33.2 Å². The van der Waals surface area contributed by atoms with Crippen LogP contribution in [0.15, 0.2) is 6.07 Å². The molecule has 1 aliphatic rings. The van der Waals surface area contributed by atoms with Gasteiger partial charge in [0.2, 0.25) is 0 Å². The fourth-order valence-corrected chi connectivity index (χ4v) is 3.69. The van der Waals surface area contributed by atoms with Gasteiger partial charge in [0, 0.05) is 28.9 Å². The average Bonchev–Trinajstić information content (AvgIpc) is 2.76. The van der Waals surface area contributed by atoms with E-state index in [0.717, 1.165) is 12.5 Å². The van der Waals surface area contributed by atoms with E-state index >= 15 is 0 Å². The van der Waals surface area contributed by atoms with Crippen LogP contribution in [0, 0.1) is 19.8 Å². The first kappa shape index (κ1) is 12.1. The van der Waals surface area contributed by atoms with Gasteiger partial charge in [-0.1, -0.05) is 6.92 Å². The summed E-state index contributed by atoms with van der Waals surface area (Å²) in [5, 5.41) is 0. The van der Waals surface area contributed by atoms with E-state index in [4.69, 9.17) is 5.73 Å². The van der Waals surface area contributed by atoms with Gasteiger partial charge in [0.1, 0.15) is 0 Å². The Labute approximate surface area is 102 Å². The lowest BCUT2D eigenvalue weighted by molar-refractivity contribution is 0.243. The summed E-state index contributed by atoms with van der Waals surface area (Å²) in [5.74, 6) is 0.828. The molecular weight excluding hydrogens is 216 g/mol. The van der Waals surface area contributed by atoms with Crippen molar-refractivity contribution >= 4 is 11.3 Å². The van der Waals surface area contributed by atoms with Gasteiger partial charge in [-0.05, 0) is 44.4 Å². The van der Waals surface area contributed by atoms with Gasteiger partial charge in [-0.25, -0.2) is 0 Å². The second-order valence-electron chi connectivity index (χ2n) is 5.01. The summed E-state index contributed by atoms with van der Waals surface area (Å²) < 4.78 is 0. The molecule has 2 rings (SSSR count). The summed E-state index contributed by atoms with van der Waals surface area (Å²) >= 11 is 1.89. The zero-order chi connectivity index (χ0) is 11.7. The van der Waals surface area contributed by atoms with Crippen molar-refractivity contribution in [3.63, 3.8) is 0 Å². The SMILES string of the molecule is Cc1cc(C(CN)N2CCC(C)C2)c(C)s1. The molecule has 0 saturated carbocycles. The van der Waals surface area contributed by atoms with Gasteiger partial charge in [0.25, 0.3) is 0 Å². The maximum absolute atomic E-state index is 5.97. The quantitative estimate of drug-likeness (QED) is 0.877. The van der Waals surface area contributed by atoms with Gasteiger partial charge in [0.05, 0.1) is 0 Å². The van der Waals surface area contributed by atoms with E-state index in [9.17, 15) is 0 Å². The molecule has 2 heterocycles. The molecule has 1 aromatic heterocycles. The molecule has 0 bridgehead atoms. The number of nitrogens with zero attached hydrogens (tertiary/aromatic N) is 1. The van der Waals surface area contributed by atoms with Crippen molar-refractivity contribution in [2.75, 3.05) is 19.6 Å². The summed E-state index contributed by atoms with van der Waals surface area (Å²) in [5.41, 5.74) is 7.43. The van der Waals surface area contributed by atoms with E-state index in [1.54, 1.807) is 0 Å². The van der Waals surface area contributed by atoms with Gasteiger partial charge < -0.3 is 5.73 Å². The Morgan fingerprint density at radius 1 is 1.56 bits per heavy atom. The van der Waals surface area contributed by atoms with Gasteiger partial charge in [-0.2, -0.15) is 0 Å². The molecule has 2 atom stereocenters. The van der Waals surface area contributed by atoms with Crippen molar-refractivity contribution in [1.29, 1.82) is 0 Å². The monoisotopic (exact) mass is 238 g/mol. The number of rotatable bonds is 3. The van der Waals surface area contributed by atoms with Crippen molar-refractivity contribution in [1.82, 2.24) is 4.90 Å². The highest BCUT2D eigenvalue weighted by Crippen LogP contribution is 2.32. The van der Waals surface area contributed by atoms with Crippen LogP contribution in [0.2, 0.25) is 0 Å². The van der Waals surface area contributed by atoms with E-state index < -0.39 is 0 Å². The summed E-state index contributed by atoms with van der Waals surface area (Å²) in [7, 11) is 0. The van der Waals surface area contributed by atoms with Crippen molar-refractivity contribution in [3.8, 4) is 0 Å². The van der Waals surface area contributed by atoms with Crippen molar-refractivity contribution in [2.24, 2.45) is 11.7 Å². The third kappa shape index (κ3) is 2.31. The maximum atomic E-state index is 5.97. The average molecular weight is 238 g/mol. The van der Waals surface area contributed by atoms with Crippen LogP contribution < -0.4 is 5.73 Å². The zero-order valence-electron chi connectivity index (χ0n) is 10.5. The molecule has 0 aliphatic carbocycles. The Kier molecular flexibility index (Phi) is 3.67. The number of hydrogen-bond donors (Lipinski definition) is 1. The first-order valence-electron chi connectivity index (χ1n) is 6.13. The predicted molar refractivity (Wildman–Crippen MR) is 70.9 cm³/mol. The summed E-state index contributed by atoms with van der Waals surface area (Å²) in [6.07, 6.45) is 1.32. The first-order chi connectivity index (χ1) is 7.61. The fraction of sp³-hybridized carbons (Fsp3) is 0.692. The van der Waals surface area contributed by atoms with E-state index in [1.165, 1.54) is 34.8 Å². The zero-order valence-corrected chi connectivity index (χ0v) is 11.3. The molecule has 1 aliphatic heterocycles. The topological polar surface area (TPSA) is 29.3 Å². The summed E-state index contributed by atoms with van der Waals surface area (Å²) in [6, 6.07) is 2.76. The number of nitrogens with two attached hydrogens (primary N) is 1. The third-order valence-corrected chi connectivity index (χ3v) is 4.54. The number of hydrogen-bond acceptors (Lipinski definition) is 3. The van der Waals surface area contributed by atoms with Gasteiger partial charge in [-0.15, -0.1) is 11.3 Å². The van der Waals surface area contributed by atoms with Crippen LogP contribution in [0.25, 0.3) is 0 Å². The summed E-state index contributed by atoms with van der Waals surface area (Å²) in [6.45, 7) is 9.88. The molecule has 3 heteroatoms. The van der Waals surface area contributed by atoms with Gasteiger partial charge in [0.15, 0.2) is 0 Å². The first-order valence-corrected chi connectivity index (χ1v) is 6.94. The second-order valence-corrected chi connectivity index (χ2v) is 6.47. The fourth-order valence-electron chi connectivity index (χ4n) is 2.71. The van der Waals surface area contributed by atoms with Crippen molar-refractivity contribution in [3.05, 3.63) is 21.4 Å². The Bertz CT molecular complexity index is 359. The Balaban J connectivity index is 2.19. The molecule has 2 nitrogen and oxygen atoms in total.